The average Bonchev–Trinajstić information content (AvgIpc) is 2.88. The van der Waals surface area contributed by atoms with Gasteiger partial charge in [0.05, 0.1) is 17.7 Å². The van der Waals surface area contributed by atoms with Crippen molar-refractivity contribution < 1.29 is 9.34 Å². The van der Waals surface area contributed by atoms with Crippen molar-refractivity contribution in [3.8, 4) is 0 Å². The van der Waals surface area contributed by atoms with Gasteiger partial charge in [-0.3, -0.25) is 10.1 Å². The summed E-state index contributed by atoms with van der Waals surface area (Å²) in [6.45, 7) is 4.54. The number of aryl methyl sites for hydroxylation is 1. The molecule has 2 aromatic rings. The lowest BCUT2D eigenvalue weighted by Crippen LogP contribution is -2.10. The van der Waals surface area contributed by atoms with E-state index in [9.17, 15) is 10.1 Å². The largest absolute Gasteiger partial charge is 0.444 e. The minimum Gasteiger partial charge on any atom is -0.444 e. The number of oxazole rings is 1. The summed E-state index contributed by atoms with van der Waals surface area (Å²) < 4.78 is 5.30. The van der Waals surface area contributed by atoms with Gasteiger partial charge in [-0.15, -0.1) is 0 Å². The fourth-order valence-corrected chi connectivity index (χ4v) is 1.70. The van der Waals surface area contributed by atoms with Gasteiger partial charge >= 0.3 is 5.69 Å². The molecule has 0 aliphatic heterocycles. The van der Waals surface area contributed by atoms with E-state index in [2.05, 4.69) is 25.6 Å². The van der Waals surface area contributed by atoms with Gasteiger partial charge in [-0.25, -0.2) is 15.0 Å². The minimum absolute atomic E-state index is 0.129. The van der Waals surface area contributed by atoms with Crippen LogP contribution in [0.25, 0.3) is 0 Å². The van der Waals surface area contributed by atoms with Crippen LogP contribution in [0, 0.1) is 17.0 Å². The van der Waals surface area contributed by atoms with Crippen LogP contribution in [0.15, 0.2) is 16.9 Å². The van der Waals surface area contributed by atoms with E-state index in [4.69, 9.17) is 4.42 Å². The smallest absolute Gasteiger partial charge is 0.353 e. The van der Waals surface area contributed by atoms with Crippen LogP contribution >= 0.6 is 0 Å². The quantitative estimate of drug-likeness (QED) is 0.588. The third-order valence-electron chi connectivity index (χ3n) is 2.62. The van der Waals surface area contributed by atoms with E-state index in [1.54, 1.807) is 13.1 Å². The minimum atomic E-state index is -0.513. The Bertz CT molecular complexity index is 627. The molecule has 0 aromatic carbocycles. The molecule has 0 aliphatic carbocycles. The van der Waals surface area contributed by atoms with Crippen molar-refractivity contribution in [2.24, 2.45) is 0 Å². The van der Waals surface area contributed by atoms with E-state index in [1.165, 1.54) is 6.33 Å². The van der Waals surface area contributed by atoms with Crippen LogP contribution in [-0.4, -0.2) is 26.4 Å². The number of nitro groups is 1. The second kappa shape index (κ2) is 6.64. The Morgan fingerprint density at radius 3 is 2.57 bits per heavy atom. The van der Waals surface area contributed by atoms with Gasteiger partial charge in [-0.05, 0) is 13.3 Å². The van der Waals surface area contributed by atoms with Crippen molar-refractivity contribution >= 4 is 17.3 Å². The van der Waals surface area contributed by atoms with E-state index < -0.39 is 4.92 Å². The average molecular weight is 292 g/mol. The van der Waals surface area contributed by atoms with Crippen LogP contribution in [0.1, 0.15) is 25.0 Å². The molecule has 2 aromatic heterocycles. The molecule has 0 unspecified atom stereocenters. The molecule has 2 heterocycles. The highest BCUT2D eigenvalue weighted by Gasteiger charge is 2.22. The summed E-state index contributed by atoms with van der Waals surface area (Å²) in [7, 11) is 0. The molecule has 0 spiro atoms. The Balaban J connectivity index is 2.19. The summed E-state index contributed by atoms with van der Waals surface area (Å²) in [5, 5.41) is 17.0. The fraction of sp³-hybridized carbons (Fsp3) is 0.417. The number of hydrogen-bond donors (Lipinski definition) is 2. The van der Waals surface area contributed by atoms with Gasteiger partial charge in [0.25, 0.3) is 0 Å². The van der Waals surface area contributed by atoms with Crippen molar-refractivity contribution in [1.82, 2.24) is 15.0 Å². The standard InChI is InChI=1S/C12H16N6O3/c1-3-4-13-11-10(18(19)20)12(17-7-16-11)15-6-9-14-5-8(2)21-9/h5,7H,3-4,6H2,1-2H3,(H2,13,15,16,17). The summed E-state index contributed by atoms with van der Waals surface area (Å²) >= 11 is 0. The number of nitrogens with zero attached hydrogens (tertiary/aromatic N) is 4. The number of aromatic nitrogens is 3. The molecule has 0 aliphatic rings. The van der Waals surface area contributed by atoms with Gasteiger partial charge in [-0.1, -0.05) is 6.92 Å². The van der Waals surface area contributed by atoms with Crippen LogP contribution in [0.5, 0.6) is 0 Å². The zero-order valence-electron chi connectivity index (χ0n) is 11.8. The van der Waals surface area contributed by atoms with Crippen LogP contribution in [0.2, 0.25) is 0 Å². The van der Waals surface area contributed by atoms with Gasteiger partial charge in [0.1, 0.15) is 12.1 Å². The zero-order valence-corrected chi connectivity index (χ0v) is 11.8. The van der Waals surface area contributed by atoms with E-state index in [0.29, 0.717) is 18.2 Å². The normalized spacial score (nSPS) is 10.4. The lowest BCUT2D eigenvalue weighted by atomic mass is 10.4. The molecule has 0 bridgehead atoms. The molecule has 0 atom stereocenters. The maximum absolute atomic E-state index is 11.2. The maximum atomic E-state index is 11.2. The topological polar surface area (TPSA) is 119 Å². The lowest BCUT2D eigenvalue weighted by molar-refractivity contribution is -0.383. The van der Waals surface area contributed by atoms with Gasteiger partial charge in [0, 0.05) is 6.54 Å². The highest BCUT2D eigenvalue weighted by Crippen LogP contribution is 2.29. The van der Waals surface area contributed by atoms with E-state index >= 15 is 0 Å². The number of nitrogens with one attached hydrogen (secondary N) is 2. The zero-order chi connectivity index (χ0) is 15.2. The van der Waals surface area contributed by atoms with Crippen molar-refractivity contribution in [3.05, 3.63) is 34.3 Å². The molecule has 0 amide bonds. The molecule has 0 saturated carbocycles. The Morgan fingerprint density at radius 1 is 1.29 bits per heavy atom. The van der Waals surface area contributed by atoms with E-state index in [0.717, 1.165) is 6.42 Å². The molecule has 0 radical (unpaired) electrons. The number of rotatable bonds is 7. The summed E-state index contributed by atoms with van der Waals surface area (Å²) in [4.78, 5) is 22.6. The predicted molar refractivity (Wildman–Crippen MR) is 76.0 cm³/mol. The maximum Gasteiger partial charge on any atom is 0.353 e. The van der Waals surface area contributed by atoms with Gasteiger partial charge in [0.2, 0.25) is 17.5 Å². The van der Waals surface area contributed by atoms with E-state index in [1.807, 2.05) is 6.92 Å². The first-order chi connectivity index (χ1) is 10.1. The third kappa shape index (κ3) is 3.65. The molecule has 9 heteroatoms. The molecular weight excluding hydrogens is 276 g/mol. The molecule has 112 valence electrons. The van der Waals surface area contributed by atoms with Crippen molar-refractivity contribution in [1.29, 1.82) is 0 Å². The molecule has 9 nitrogen and oxygen atoms in total. The van der Waals surface area contributed by atoms with Crippen LogP contribution in [0.4, 0.5) is 17.3 Å². The predicted octanol–water partition coefficient (Wildman–Crippen LogP) is 2.12. The molecule has 21 heavy (non-hydrogen) atoms. The van der Waals surface area contributed by atoms with Crippen molar-refractivity contribution in [2.75, 3.05) is 17.2 Å². The monoisotopic (exact) mass is 292 g/mol. The lowest BCUT2D eigenvalue weighted by Gasteiger charge is -2.08. The van der Waals surface area contributed by atoms with Crippen LogP contribution in [0.3, 0.4) is 0 Å². The first-order valence-electron chi connectivity index (χ1n) is 6.50. The molecule has 2 N–H and O–H groups in total. The van der Waals surface area contributed by atoms with Crippen molar-refractivity contribution in [3.63, 3.8) is 0 Å². The number of anilines is 2. The SMILES string of the molecule is CCCNc1ncnc(NCc2ncc(C)o2)c1[N+](=O)[O-]. The van der Waals surface area contributed by atoms with Gasteiger partial charge in [-0.2, -0.15) is 0 Å². The molecular formula is C12H16N6O3. The Labute approximate surface area is 121 Å². The first-order valence-corrected chi connectivity index (χ1v) is 6.50. The fourth-order valence-electron chi connectivity index (χ4n) is 1.70. The summed E-state index contributed by atoms with van der Waals surface area (Å²) in [5.41, 5.74) is -0.186. The summed E-state index contributed by atoms with van der Waals surface area (Å²) in [6.07, 6.45) is 3.69. The Morgan fingerprint density at radius 2 is 2.00 bits per heavy atom. The van der Waals surface area contributed by atoms with Crippen LogP contribution < -0.4 is 10.6 Å². The highest BCUT2D eigenvalue weighted by molar-refractivity contribution is 5.69. The molecule has 0 saturated heterocycles. The first kappa shape index (κ1) is 14.7. The van der Waals surface area contributed by atoms with Gasteiger partial charge < -0.3 is 15.1 Å². The highest BCUT2D eigenvalue weighted by atomic mass is 16.6. The summed E-state index contributed by atoms with van der Waals surface area (Å²) in [6, 6.07) is 0. The summed E-state index contributed by atoms with van der Waals surface area (Å²) in [5.74, 6) is 1.44. The second-order valence-corrected chi connectivity index (χ2v) is 4.32. The third-order valence-corrected chi connectivity index (χ3v) is 2.62. The Kier molecular flexibility index (Phi) is 4.64. The Hall–Kier alpha value is -2.71. The number of hydrogen-bond acceptors (Lipinski definition) is 8. The van der Waals surface area contributed by atoms with Crippen LogP contribution in [-0.2, 0) is 6.54 Å². The van der Waals surface area contributed by atoms with E-state index in [-0.39, 0.29) is 23.9 Å². The molecule has 0 fully saturated rings. The van der Waals surface area contributed by atoms with Crippen molar-refractivity contribution in [2.45, 2.75) is 26.8 Å². The van der Waals surface area contributed by atoms with Gasteiger partial charge in [0.15, 0.2) is 0 Å². The second-order valence-electron chi connectivity index (χ2n) is 4.32. The molecule has 2 rings (SSSR count).